The van der Waals surface area contributed by atoms with Crippen LogP contribution in [-0.4, -0.2) is 21.3 Å². The second-order valence-corrected chi connectivity index (χ2v) is 8.25. The molecule has 7 heteroatoms. The molecule has 4 rings (SSSR count). The van der Waals surface area contributed by atoms with Gasteiger partial charge in [0.25, 0.3) is 0 Å². The van der Waals surface area contributed by atoms with E-state index >= 15 is 0 Å². The smallest absolute Gasteiger partial charge is 0.311 e. The molecular weight excluding hydrogens is 398 g/mol. The zero-order valence-electron chi connectivity index (χ0n) is 16.9. The van der Waals surface area contributed by atoms with E-state index in [4.69, 9.17) is 0 Å². The van der Waals surface area contributed by atoms with Crippen molar-refractivity contribution >= 4 is 46.0 Å². The number of benzene rings is 2. The standard InChI is InChI=1S/C23H21N3O3S/c1-13-8-9-16(10-14(13)2)25-21(27)12-26-22(28)20(30-23(26)29)11-18-15(3)24-19-7-5-4-6-17(18)19/h4-11,28H,12H2,1-3H3,(H,25,27)/b18-11+. The Bertz CT molecular complexity index is 1280. The van der Waals surface area contributed by atoms with Crippen LogP contribution in [-0.2, 0) is 11.3 Å². The molecule has 0 atom stereocenters. The summed E-state index contributed by atoms with van der Waals surface area (Å²) in [6.45, 7) is 5.59. The maximum absolute atomic E-state index is 12.4. The first-order valence-corrected chi connectivity index (χ1v) is 10.3. The van der Waals surface area contributed by atoms with E-state index in [2.05, 4.69) is 10.3 Å². The third kappa shape index (κ3) is 3.71. The van der Waals surface area contributed by atoms with Gasteiger partial charge < -0.3 is 10.4 Å². The van der Waals surface area contributed by atoms with Crippen LogP contribution in [0.15, 0.2) is 52.3 Å². The van der Waals surface area contributed by atoms with E-state index < -0.39 is 4.87 Å². The second kappa shape index (κ2) is 7.76. The Hall–Kier alpha value is -3.45. The molecule has 1 aliphatic heterocycles. The molecule has 0 saturated heterocycles. The van der Waals surface area contributed by atoms with E-state index in [0.29, 0.717) is 10.6 Å². The molecule has 30 heavy (non-hydrogen) atoms. The average molecular weight is 420 g/mol. The number of thiazole rings is 1. The Kier molecular flexibility index (Phi) is 5.13. The zero-order chi connectivity index (χ0) is 21.4. The monoisotopic (exact) mass is 419 g/mol. The van der Waals surface area contributed by atoms with Crippen LogP contribution in [0.5, 0.6) is 5.88 Å². The average Bonchev–Trinajstić information content (AvgIpc) is 3.16. The second-order valence-electron chi connectivity index (χ2n) is 7.26. The van der Waals surface area contributed by atoms with Gasteiger partial charge in [0.15, 0.2) is 0 Å². The number of aliphatic imine (C=N–C) groups is 1. The summed E-state index contributed by atoms with van der Waals surface area (Å²) in [6, 6.07) is 13.3. The topological polar surface area (TPSA) is 83.7 Å². The highest BCUT2D eigenvalue weighted by atomic mass is 32.1. The number of allylic oxidation sites excluding steroid dienone is 1. The number of anilines is 1. The van der Waals surface area contributed by atoms with Crippen molar-refractivity contribution in [2.45, 2.75) is 27.3 Å². The zero-order valence-corrected chi connectivity index (χ0v) is 17.7. The summed E-state index contributed by atoms with van der Waals surface area (Å²) in [5.41, 5.74) is 6.33. The molecule has 0 spiro atoms. The molecule has 1 aliphatic rings. The van der Waals surface area contributed by atoms with Crippen LogP contribution in [0.3, 0.4) is 0 Å². The van der Waals surface area contributed by atoms with E-state index in [0.717, 1.165) is 49.6 Å². The SMILES string of the molecule is CC1=Nc2ccccc2/C1=C/c1sc(=O)n(CC(=O)Nc2ccc(C)c(C)c2)c1O. The summed E-state index contributed by atoms with van der Waals surface area (Å²) in [6.07, 6.45) is 1.75. The molecule has 3 aromatic rings. The number of para-hydroxylation sites is 1. The van der Waals surface area contributed by atoms with Crippen LogP contribution < -0.4 is 10.2 Å². The number of nitrogens with one attached hydrogen (secondary N) is 1. The summed E-state index contributed by atoms with van der Waals surface area (Å²) in [7, 11) is 0. The van der Waals surface area contributed by atoms with Crippen LogP contribution >= 0.6 is 11.3 Å². The molecule has 1 amide bonds. The minimum Gasteiger partial charge on any atom is -0.493 e. The van der Waals surface area contributed by atoms with Gasteiger partial charge in [-0.05, 0) is 56.2 Å². The lowest BCUT2D eigenvalue weighted by Crippen LogP contribution is -2.24. The van der Waals surface area contributed by atoms with E-state index in [1.54, 1.807) is 6.08 Å². The van der Waals surface area contributed by atoms with Gasteiger partial charge in [-0.15, -0.1) is 0 Å². The highest BCUT2D eigenvalue weighted by Crippen LogP contribution is 2.37. The molecule has 1 aromatic heterocycles. The van der Waals surface area contributed by atoms with Crippen molar-refractivity contribution in [1.82, 2.24) is 4.57 Å². The number of nitrogens with zero attached hydrogens (tertiary/aromatic N) is 2. The number of aromatic nitrogens is 1. The van der Waals surface area contributed by atoms with Crippen LogP contribution in [0.4, 0.5) is 11.4 Å². The molecule has 0 radical (unpaired) electrons. The van der Waals surface area contributed by atoms with Crippen LogP contribution in [0, 0.1) is 13.8 Å². The molecule has 0 aliphatic carbocycles. The molecule has 0 unspecified atom stereocenters. The molecule has 0 bridgehead atoms. The van der Waals surface area contributed by atoms with Gasteiger partial charge in [-0.1, -0.05) is 35.6 Å². The van der Waals surface area contributed by atoms with Gasteiger partial charge in [0.05, 0.1) is 10.6 Å². The van der Waals surface area contributed by atoms with Gasteiger partial charge in [0, 0.05) is 22.5 Å². The van der Waals surface area contributed by atoms with Crippen molar-refractivity contribution in [3.8, 4) is 5.88 Å². The third-order valence-electron chi connectivity index (χ3n) is 5.13. The number of aryl methyl sites for hydroxylation is 2. The fourth-order valence-corrected chi connectivity index (χ4v) is 4.19. The predicted octanol–water partition coefficient (Wildman–Crippen LogP) is 4.52. The lowest BCUT2D eigenvalue weighted by molar-refractivity contribution is -0.116. The first kappa shape index (κ1) is 19.8. The lowest BCUT2D eigenvalue weighted by atomic mass is 10.0. The number of carbonyl (C=O) groups excluding carboxylic acids is 1. The molecule has 0 fully saturated rings. The minimum absolute atomic E-state index is 0.218. The molecule has 2 N–H and O–H groups in total. The largest absolute Gasteiger partial charge is 0.493 e. The Morgan fingerprint density at radius 1 is 1.17 bits per heavy atom. The van der Waals surface area contributed by atoms with Gasteiger partial charge >= 0.3 is 4.87 Å². The van der Waals surface area contributed by atoms with Gasteiger partial charge in [-0.2, -0.15) is 0 Å². The number of rotatable bonds is 4. The van der Waals surface area contributed by atoms with Crippen molar-refractivity contribution in [1.29, 1.82) is 0 Å². The number of hydrogen-bond acceptors (Lipinski definition) is 5. The Labute approximate surface area is 177 Å². The van der Waals surface area contributed by atoms with E-state index in [-0.39, 0.29) is 18.3 Å². The molecule has 2 heterocycles. The number of amides is 1. The Balaban J connectivity index is 1.59. The van der Waals surface area contributed by atoms with Gasteiger partial charge in [-0.25, -0.2) is 0 Å². The number of aromatic hydroxyl groups is 1. The fraction of sp³-hybridized carbons (Fsp3) is 0.174. The van der Waals surface area contributed by atoms with Crippen molar-refractivity contribution in [3.05, 3.63) is 73.7 Å². The minimum atomic E-state index is -0.393. The van der Waals surface area contributed by atoms with E-state index in [9.17, 15) is 14.7 Å². The van der Waals surface area contributed by atoms with Crippen molar-refractivity contribution in [3.63, 3.8) is 0 Å². The highest BCUT2D eigenvalue weighted by molar-refractivity contribution is 7.10. The number of hydrogen-bond donors (Lipinski definition) is 2. The maximum Gasteiger partial charge on any atom is 0.311 e. The third-order valence-corrected chi connectivity index (χ3v) is 6.05. The van der Waals surface area contributed by atoms with Gasteiger partial charge in [-0.3, -0.25) is 19.1 Å². The van der Waals surface area contributed by atoms with Crippen molar-refractivity contribution in [2.24, 2.45) is 4.99 Å². The maximum atomic E-state index is 12.4. The Morgan fingerprint density at radius 2 is 1.93 bits per heavy atom. The fourth-order valence-electron chi connectivity index (χ4n) is 3.36. The predicted molar refractivity (Wildman–Crippen MR) is 122 cm³/mol. The normalized spacial score (nSPS) is 14.0. The summed E-state index contributed by atoms with van der Waals surface area (Å²) < 4.78 is 1.08. The number of carbonyl (C=O) groups is 1. The quantitative estimate of drug-likeness (QED) is 0.652. The van der Waals surface area contributed by atoms with E-state index in [1.807, 2.05) is 63.2 Å². The summed E-state index contributed by atoms with van der Waals surface area (Å²) in [4.78, 5) is 29.4. The van der Waals surface area contributed by atoms with Gasteiger partial charge in [0.2, 0.25) is 11.8 Å². The summed E-state index contributed by atoms with van der Waals surface area (Å²) in [5.74, 6) is -0.596. The first-order chi connectivity index (χ1) is 14.3. The lowest BCUT2D eigenvalue weighted by Gasteiger charge is -2.08. The van der Waals surface area contributed by atoms with E-state index in [1.165, 1.54) is 0 Å². The highest BCUT2D eigenvalue weighted by Gasteiger charge is 2.20. The van der Waals surface area contributed by atoms with Crippen molar-refractivity contribution < 1.29 is 9.90 Å². The van der Waals surface area contributed by atoms with Crippen LogP contribution in [0.2, 0.25) is 0 Å². The number of fused-ring (bicyclic) bond motifs is 1. The molecular formula is C23H21N3O3S. The Morgan fingerprint density at radius 3 is 2.70 bits per heavy atom. The van der Waals surface area contributed by atoms with Crippen molar-refractivity contribution in [2.75, 3.05) is 5.32 Å². The molecule has 152 valence electrons. The summed E-state index contributed by atoms with van der Waals surface area (Å²) >= 11 is 0.903. The molecule has 0 saturated carbocycles. The van der Waals surface area contributed by atoms with Crippen LogP contribution in [0.1, 0.15) is 28.5 Å². The molecule has 6 nitrogen and oxygen atoms in total. The molecule has 2 aromatic carbocycles. The summed E-state index contributed by atoms with van der Waals surface area (Å²) in [5, 5.41) is 13.4. The first-order valence-electron chi connectivity index (χ1n) is 9.50. The van der Waals surface area contributed by atoms with Gasteiger partial charge in [0.1, 0.15) is 6.54 Å². The van der Waals surface area contributed by atoms with Crippen LogP contribution in [0.25, 0.3) is 11.6 Å².